The first-order valence-electron chi connectivity index (χ1n) is 12.0. The molecule has 0 aliphatic carbocycles. The largest absolute Gasteiger partial charge is 0.507 e. The van der Waals surface area contributed by atoms with Crippen molar-refractivity contribution in [2.24, 2.45) is 0 Å². The number of aldehydes is 1. The number of sulfone groups is 1. The molecule has 0 saturated carbocycles. The number of rotatable bonds is 11. The van der Waals surface area contributed by atoms with Crippen molar-refractivity contribution in [1.29, 1.82) is 0 Å². The fraction of sp³-hybridized carbons (Fsp3) is 0.286. The van der Waals surface area contributed by atoms with Gasteiger partial charge in [0.05, 0.1) is 22.3 Å². The number of carbonyl (C=O) groups is 2. The zero-order chi connectivity index (χ0) is 27.2. The molecule has 37 heavy (non-hydrogen) atoms. The summed E-state index contributed by atoms with van der Waals surface area (Å²) in [5, 5.41) is 11.4. The average Bonchev–Trinajstić information content (AvgIpc) is 2.87. The summed E-state index contributed by atoms with van der Waals surface area (Å²) in [5.41, 5.74) is 0.859. The smallest absolute Gasteiger partial charge is 0.243 e. The molecule has 2 unspecified atom stereocenters. The molecule has 0 spiro atoms. The Bertz CT molecular complexity index is 1350. The number of phenols is 1. The molecule has 0 aromatic heterocycles. The van der Waals surface area contributed by atoms with Crippen LogP contribution in [0.5, 0.6) is 23.0 Å². The third kappa shape index (κ3) is 6.68. The van der Waals surface area contributed by atoms with Crippen LogP contribution in [0.2, 0.25) is 0 Å². The van der Waals surface area contributed by atoms with Crippen LogP contribution in [0.25, 0.3) is 0 Å². The molecule has 2 atom stereocenters. The van der Waals surface area contributed by atoms with E-state index in [0.717, 1.165) is 18.1 Å². The van der Waals surface area contributed by atoms with E-state index in [2.05, 4.69) is 5.32 Å². The molecule has 0 aliphatic heterocycles. The molecule has 3 aromatic carbocycles. The minimum Gasteiger partial charge on any atom is -0.507 e. The van der Waals surface area contributed by atoms with Crippen LogP contribution in [-0.4, -0.2) is 37.1 Å². The maximum atomic E-state index is 13.2. The van der Waals surface area contributed by atoms with Gasteiger partial charge in [-0.15, -0.1) is 0 Å². The molecule has 2 N–H and O–H groups in total. The summed E-state index contributed by atoms with van der Waals surface area (Å²) in [7, 11) is -3.98. The molecule has 1 amide bonds. The number of ether oxygens (including phenoxy) is 2. The lowest BCUT2D eigenvalue weighted by Gasteiger charge is -2.19. The van der Waals surface area contributed by atoms with E-state index in [1.165, 1.54) is 18.2 Å². The van der Waals surface area contributed by atoms with Crippen molar-refractivity contribution >= 4 is 27.7 Å². The van der Waals surface area contributed by atoms with Crippen molar-refractivity contribution in [2.75, 3.05) is 5.32 Å². The summed E-state index contributed by atoms with van der Waals surface area (Å²) in [5.74, 6) is -0.0743. The van der Waals surface area contributed by atoms with E-state index in [1.54, 1.807) is 43.3 Å². The van der Waals surface area contributed by atoms with Gasteiger partial charge in [0.25, 0.3) is 0 Å². The zero-order valence-electron chi connectivity index (χ0n) is 21.2. The highest BCUT2D eigenvalue weighted by atomic mass is 32.2. The first-order valence-corrected chi connectivity index (χ1v) is 13.5. The standard InChI is InChI=1S/C28H31NO7S/c1-5-19(4)35-21-9-11-22(12-10-21)36-26-15-20(17-30)25(31)16-24(26)29-28(32)27(6-2)37(33,34)23-13-7-18(3)8-14-23/h7-17,19,27,31H,5-6H2,1-4H3,(H,29,32). The average molecular weight is 526 g/mol. The Morgan fingerprint density at radius 3 is 2.19 bits per heavy atom. The summed E-state index contributed by atoms with van der Waals surface area (Å²) in [6.45, 7) is 7.41. The van der Waals surface area contributed by atoms with Gasteiger partial charge < -0.3 is 19.9 Å². The van der Waals surface area contributed by atoms with Crippen LogP contribution in [0, 0.1) is 6.92 Å². The second kappa shape index (κ2) is 11.9. The number of carbonyl (C=O) groups excluding carboxylic acids is 2. The van der Waals surface area contributed by atoms with E-state index in [4.69, 9.17) is 9.47 Å². The first kappa shape index (κ1) is 27.7. The predicted molar refractivity (Wildman–Crippen MR) is 141 cm³/mol. The molecule has 3 rings (SSSR count). The van der Waals surface area contributed by atoms with Crippen molar-refractivity contribution in [3.63, 3.8) is 0 Å². The summed E-state index contributed by atoms with van der Waals surface area (Å²) < 4.78 is 38.0. The Labute approximate surface area is 217 Å². The van der Waals surface area contributed by atoms with E-state index < -0.39 is 21.0 Å². The van der Waals surface area contributed by atoms with Gasteiger partial charge in [0.2, 0.25) is 5.91 Å². The number of benzene rings is 3. The van der Waals surface area contributed by atoms with Crippen LogP contribution in [0.3, 0.4) is 0 Å². The Hall–Kier alpha value is -3.85. The van der Waals surface area contributed by atoms with Crippen LogP contribution >= 0.6 is 0 Å². The van der Waals surface area contributed by atoms with Gasteiger partial charge >= 0.3 is 0 Å². The maximum Gasteiger partial charge on any atom is 0.243 e. The highest BCUT2D eigenvalue weighted by Gasteiger charge is 2.33. The second-order valence-corrected chi connectivity index (χ2v) is 10.8. The van der Waals surface area contributed by atoms with Gasteiger partial charge in [-0.2, -0.15) is 0 Å². The van der Waals surface area contributed by atoms with Crippen LogP contribution < -0.4 is 14.8 Å². The van der Waals surface area contributed by atoms with E-state index >= 15 is 0 Å². The molecule has 3 aromatic rings. The topological polar surface area (TPSA) is 119 Å². The lowest BCUT2D eigenvalue weighted by atomic mass is 10.1. The Morgan fingerprint density at radius 1 is 1.00 bits per heavy atom. The highest BCUT2D eigenvalue weighted by Crippen LogP contribution is 2.36. The van der Waals surface area contributed by atoms with Gasteiger partial charge in [-0.1, -0.05) is 31.5 Å². The molecular formula is C28H31NO7S. The molecule has 0 heterocycles. The van der Waals surface area contributed by atoms with Crippen molar-refractivity contribution in [1.82, 2.24) is 0 Å². The number of anilines is 1. The molecule has 196 valence electrons. The normalized spacial score (nSPS) is 12.9. The Morgan fingerprint density at radius 2 is 1.62 bits per heavy atom. The quantitative estimate of drug-likeness (QED) is 0.309. The van der Waals surface area contributed by atoms with Gasteiger partial charge in [-0.3, -0.25) is 9.59 Å². The Kier molecular flexibility index (Phi) is 8.94. The first-order chi connectivity index (χ1) is 17.6. The lowest BCUT2D eigenvalue weighted by Crippen LogP contribution is -2.34. The van der Waals surface area contributed by atoms with E-state index in [1.807, 2.05) is 20.8 Å². The second-order valence-electron chi connectivity index (χ2n) is 8.68. The van der Waals surface area contributed by atoms with Crippen molar-refractivity contribution in [3.8, 4) is 23.0 Å². The van der Waals surface area contributed by atoms with Gasteiger partial charge in [0, 0.05) is 6.07 Å². The number of hydrogen-bond donors (Lipinski definition) is 2. The molecule has 0 fully saturated rings. The third-order valence-electron chi connectivity index (χ3n) is 5.86. The number of aromatic hydroxyl groups is 1. The number of amides is 1. The molecule has 0 saturated heterocycles. The molecule has 9 heteroatoms. The van der Waals surface area contributed by atoms with Gasteiger partial charge in [0.15, 0.2) is 21.9 Å². The van der Waals surface area contributed by atoms with Crippen LogP contribution in [0.4, 0.5) is 5.69 Å². The van der Waals surface area contributed by atoms with Gasteiger partial charge in [-0.05, 0) is 69.2 Å². The number of hydrogen-bond acceptors (Lipinski definition) is 7. The third-order valence-corrected chi connectivity index (χ3v) is 8.09. The fourth-order valence-corrected chi connectivity index (χ4v) is 5.16. The van der Waals surface area contributed by atoms with Crippen molar-refractivity contribution in [3.05, 3.63) is 71.8 Å². The lowest BCUT2D eigenvalue weighted by molar-refractivity contribution is -0.115. The van der Waals surface area contributed by atoms with Gasteiger partial charge in [0.1, 0.15) is 22.5 Å². The number of aryl methyl sites for hydroxylation is 1. The highest BCUT2D eigenvalue weighted by molar-refractivity contribution is 7.92. The molecular weight excluding hydrogens is 494 g/mol. The molecule has 0 bridgehead atoms. The fourth-order valence-electron chi connectivity index (χ4n) is 3.54. The Balaban J connectivity index is 1.90. The summed E-state index contributed by atoms with van der Waals surface area (Å²) in [4.78, 5) is 24.6. The van der Waals surface area contributed by atoms with Crippen LogP contribution in [0.15, 0.2) is 65.6 Å². The van der Waals surface area contributed by atoms with Crippen molar-refractivity contribution in [2.45, 2.75) is 56.8 Å². The van der Waals surface area contributed by atoms with Gasteiger partial charge in [-0.25, -0.2) is 8.42 Å². The summed E-state index contributed by atoms with van der Waals surface area (Å²) in [6, 6.07) is 15.5. The zero-order valence-corrected chi connectivity index (χ0v) is 22.0. The monoisotopic (exact) mass is 525 g/mol. The number of nitrogens with one attached hydrogen (secondary N) is 1. The minimum absolute atomic E-state index is 0.0191. The molecule has 8 nitrogen and oxygen atoms in total. The number of phenolic OH excluding ortho intramolecular Hbond substituents is 1. The molecule has 0 aliphatic rings. The molecule has 0 radical (unpaired) electrons. The van der Waals surface area contributed by atoms with Crippen molar-refractivity contribution < 1.29 is 32.6 Å². The predicted octanol–water partition coefficient (Wildman–Crippen LogP) is 5.67. The summed E-state index contributed by atoms with van der Waals surface area (Å²) in [6.07, 6.45) is 1.37. The van der Waals surface area contributed by atoms with Crippen LogP contribution in [-0.2, 0) is 14.6 Å². The van der Waals surface area contributed by atoms with E-state index in [9.17, 15) is 23.1 Å². The summed E-state index contributed by atoms with van der Waals surface area (Å²) >= 11 is 0. The minimum atomic E-state index is -3.98. The van der Waals surface area contributed by atoms with E-state index in [0.29, 0.717) is 17.8 Å². The van der Waals surface area contributed by atoms with Crippen LogP contribution in [0.1, 0.15) is 49.5 Å². The SMILES string of the molecule is CCC(C)Oc1ccc(Oc2cc(C=O)c(O)cc2NC(=O)C(CC)S(=O)(=O)c2ccc(C)cc2)cc1. The van der Waals surface area contributed by atoms with E-state index in [-0.39, 0.29) is 40.2 Å². The maximum absolute atomic E-state index is 13.2.